The van der Waals surface area contributed by atoms with E-state index in [9.17, 15) is 0 Å². The van der Waals surface area contributed by atoms with Crippen LogP contribution in [-0.2, 0) is 0 Å². The van der Waals surface area contributed by atoms with Crippen LogP contribution < -0.4 is 4.74 Å². The van der Waals surface area contributed by atoms with E-state index in [1.165, 1.54) is 32.3 Å². The number of hydrogen-bond acceptors (Lipinski definition) is 1. The molecule has 0 fully saturated rings. The quantitative estimate of drug-likeness (QED) is 0.316. The number of benzene rings is 4. The second-order valence-corrected chi connectivity index (χ2v) is 6.11. The zero-order valence-electron chi connectivity index (χ0n) is 13.4. The van der Waals surface area contributed by atoms with Crippen molar-refractivity contribution in [2.45, 2.75) is 19.8 Å². The van der Waals surface area contributed by atoms with Gasteiger partial charge in [0.25, 0.3) is 0 Å². The van der Waals surface area contributed by atoms with E-state index in [0.717, 1.165) is 25.2 Å². The van der Waals surface area contributed by atoms with Crippen LogP contribution in [0.15, 0.2) is 66.7 Å². The third kappa shape index (κ3) is 2.75. The Hall–Kier alpha value is -2.54. The summed E-state index contributed by atoms with van der Waals surface area (Å²) in [6.45, 7) is 2.97. The first kappa shape index (κ1) is 14.1. The monoisotopic (exact) mass is 300 g/mol. The Balaban J connectivity index is 1.82. The van der Waals surface area contributed by atoms with Crippen LogP contribution in [0, 0.1) is 0 Å². The van der Waals surface area contributed by atoms with Crippen molar-refractivity contribution in [3.8, 4) is 5.75 Å². The van der Waals surface area contributed by atoms with Crippen LogP contribution in [0.25, 0.3) is 32.3 Å². The fraction of sp³-hybridized carbons (Fsp3) is 0.182. The first-order chi connectivity index (χ1) is 11.3. The molecule has 4 aromatic rings. The maximum Gasteiger partial charge on any atom is 0.119 e. The standard InChI is InChI=1S/C22H20O/c1-2-3-10-23-22-9-8-18-13-19-11-16-6-4-5-7-17(16)12-20(19)14-21(18)15-22/h4-9,11-15H,2-3,10H2,1H3. The highest BCUT2D eigenvalue weighted by atomic mass is 16.5. The molecule has 0 bridgehead atoms. The molecule has 4 aromatic carbocycles. The van der Waals surface area contributed by atoms with Gasteiger partial charge in [-0.3, -0.25) is 0 Å². The summed E-state index contributed by atoms with van der Waals surface area (Å²) in [5.41, 5.74) is 0. The Kier molecular flexibility index (Phi) is 3.63. The van der Waals surface area contributed by atoms with E-state index in [-0.39, 0.29) is 0 Å². The van der Waals surface area contributed by atoms with Crippen molar-refractivity contribution in [2.75, 3.05) is 6.61 Å². The third-order valence-corrected chi connectivity index (χ3v) is 4.40. The molecule has 0 radical (unpaired) electrons. The highest BCUT2D eigenvalue weighted by Gasteiger charge is 2.03. The summed E-state index contributed by atoms with van der Waals surface area (Å²) in [6.07, 6.45) is 2.26. The molecule has 0 N–H and O–H groups in total. The molecule has 0 heterocycles. The lowest BCUT2D eigenvalue weighted by Crippen LogP contribution is -1.95. The molecule has 0 atom stereocenters. The Morgan fingerprint density at radius 2 is 1.22 bits per heavy atom. The van der Waals surface area contributed by atoms with E-state index < -0.39 is 0 Å². The fourth-order valence-corrected chi connectivity index (χ4v) is 3.09. The molecule has 0 saturated heterocycles. The Bertz CT molecular complexity index is 985. The number of rotatable bonds is 4. The molecular weight excluding hydrogens is 280 g/mol. The number of hydrogen-bond donors (Lipinski definition) is 0. The van der Waals surface area contributed by atoms with Crippen LogP contribution in [0.2, 0.25) is 0 Å². The molecule has 1 heteroatoms. The number of unbranched alkanes of at least 4 members (excludes halogenated alkanes) is 1. The van der Waals surface area contributed by atoms with Gasteiger partial charge in [-0.15, -0.1) is 0 Å². The van der Waals surface area contributed by atoms with E-state index in [2.05, 4.69) is 73.7 Å². The molecule has 114 valence electrons. The van der Waals surface area contributed by atoms with E-state index in [4.69, 9.17) is 4.74 Å². The molecule has 0 aromatic heterocycles. The Morgan fingerprint density at radius 3 is 1.87 bits per heavy atom. The second-order valence-electron chi connectivity index (χ2n) is 6.11. The smallest absolute Gasteiger partial charge is 0.119 e. The molecule has 23 heavy (non-hydrogen) atoms. The van der Waals surface area contributed by atoms with Gasteiger partial charge >= 0.3 is 0 Å². The van der Waals surface area contributed by atoms with Gasteiger partial charge in [-0.05, 0) is 75.1 Å². The molecule has 0 amide bonds. The lowest BCUT2D eigenvalue weighted by molar-refractivity contribution is 0.310. The van der Waals surface area contributed by atoms with Gasteiger partial charge in [0.05, 0.1) is 6.61 Å². The van der Waals surface area contributed by atoms with Crippen LogP contribution in [0.5, 0.6) is 5.75 Å². The molecule has 0 aliphatic rings. The van der Waals surface area contributed by atoms with Crippen LogP contribution in [0.3, 0.4) is 0 Å². The first-order valence-corrected chi connectivity index (χ1v) is 8.32. The lowest BCUT2D eigenvalue weighted by Gasteiger charge is -2.08. The molecule has 0 aliphatic carbocycles. The van der Waals surface area contributed by atoms with Crippen molar-refractivity contribution in [2.24, 2.45) is 0 Å². The van der Waals surface area contributed by atoms with Crippen molar-refractivity contribution in [3.63, 3.8) is 0 Å². The molecule has 0 saturated carbocycles. The van der Waals surface area contributed by atoms with Crippen LogP contribution >= 0.6 is 0 Å². The van der Waals surface area contributed by atoms with Gasteiger partial charge in [-0.2, -0.15) is 0 Å². The summed E-state index contributed by atoms with van der Waals surface area (Å²) in [5.74, 6) is 0.964. The van der Waals surface area contributed by atoms with E-state index in [1.807, 2.05) is 0 Å². The maximum absolute atomic E-state index is 5.84. The minimum atomic E-state index is 0.792. The van der Waals surface area contributed by atoms with Gasteiger partial charge in [-0.1, -0.05) is 43.7 Å². The lowest BCUT2D eigenvalue weighted by atomic mass is 10.00. The van der Waals surface area contributed by atoms with Crippen LogP contribution in [-0.4, -0.2) is 6.61 Å². The zero-order valence-corrected chi connectivity index (χ0v) is 13.4. The normalized spacial score (nSPS) is 11.3. The van der Waals surface area contributed by atoms with Gasteiger partial charge in [0.15, 0.2) is 0 Å². The highest BCUT2D eigenvalue weighted by molar-refractivity contribution is 6.04. The largest absolute Gasteiger partial charge is 0.494 e. The van der Waals surface area contributed by atoms with Gasteiger partial charge in [0.1, 0.15) is 5.75 Å². The van der Waals surface area contributed by atoms with Gasteiger partial charge in [0, 0.05) is 0 Å². The minimum Gasteiger partial charge on any atom is -0.494 e. The minimum absolute atomic E-state index is 0.792. The predicted molar refractivity (Wildman–Crippen MR) is 99.4 cm³/mol. The maximum atomic E-state index is 5.84. The van der Waals surface area contributed by atoms with E-state index in [0.29, 0.717) is 0 Å². The van der Waals surface area contributed by atoms with Gasteiger partial charge in [0.2, 0.25) is 0 Å². The van der Waals surface area contributed by atoms with E-state index in [1.54, 1.807) is 0 Å². The van der Waals surface area contributed by atoms with Gasteiger partial charge in [-0.25, -0.2) is 0 Å². The summed E-state index contributed by atoms with van der Waals surface area (Å²) in [4.78, 5) is 0. The zero-order chi connectivity index (χ0) is 15.6. The molecule has 4 rings (SSSR count). The molecule has 0 spiro atoms. The third-order valence-electron chi connectivity index (χ3n) is 4.40. The van der Waals surface area contributed by atoms with Crippen molar-refractivity contribution in [1.29, 1.82) is 0 Å². The fourth-order valence-electron chi connectivity index (χ4n) is 3.09. The predicted octanol–water partition coefficient (Wildman–Crippen LogP) is 6.33. The average molecular weight is 300 g/mol. The average Bonchev–Trinajstić information content (AvgIpc) is 2.58. The second kappa shape index (κ2) is 5.92. The molecular formula is C22H20O. The molecule has 1 nitrogen and oxygen atoms in total. The van der Waals surface area contributed by atoms with Crippen molar-refractivity contribution >= 4 is 32.3 Å². The van der Waals surface area contributed by atoms with Crippen LogP contribution in [0.4, 0.5) is 0 Å². The molecule has 0 unspecified atom stereocenters. The van der Waals surface area contributed by atoms with Crippen molar-refractivity contribution < 1.29 is 4.74 Å². The summed E-state index contributed by atoms with van der Waals surface area (Å²) in [6, 6.07) is 24.0. The SMILES string of the molecule is CCCCOc1ccc2cc3cc4ccccc4cc3cc2c1. The topological polar surface area (TPSA) is 9.23 Å². The summed E-state index contributed by atoms with van der Waals surface area (Å²) >= 11 is 0. The summed E-state index contributed by atoms with van der Waals surface area (Å²) in [5, 5.41) is 7.64. The number of fused-ring (bicyclic) bond motifs is 3. The van der Waals surface area contributed by atoms with E-state index >= 15 is 0 Å². The summed E-state index contributed by atoms with van der Waals surface area (Å²) in [7, 11) is 0. The van der Waals surface area contributed by atoms with Gasteiger partial charge < -0.3 is 4.74 Å². The summed E-state index contributed by atoms with van der Waals surface area (Å²) < 4.78 is 5.84. The van der Waals surface area contributed by atoms with Crippen molar-refractivity contribution in [3.05, 3.63) is 66.7 Å². The number of ether oxygens (including phenoxy) is 1. The van der Waals surface area contributed by atoms with Crippen molar-refractivity contribution in [1.82, 2.24) is 0 Å². The molecule has 0 aliphatic heterocycles. The van der Waals surface area contributed by atoms with Crippen LogP contribution in [0.1, 0.15) is 19.8 Å². The highest BCUT2D eigenvalue weighted by Crippen LogP contribution is 2.29. The Labute approximate surface area is 136 Å². The Morgan fingerprint density at radius 1 is 0.652 bits per heavy atom. The first-order valence-electron chi connectivity index (χ1n) is 8.32.